The molecule has 1 amide bonds. The van der Waals surface area contributed by atoms with Crippen LogP contribution in [0.2, 0.25) is 5.15 Å². The Labute approximate surface area is 180 Å². The first-order valence-electron chi connectivity index (χ1n) is 9.45. The molecule has 0 spiro atoms. The van der Waals surface area contributed by atoms with E-state index in [1.54, 1.807) is 10.8 Å². The molecule has 0 saturated carbocycles. The van der Waals surface area contributed by atoms with Crippen molar-refractivity contribution in [2.24, 2.45) is 0 Å². The highest BCUT2D eigenvalue weighted by Crippen LogP contribution is 2.22. The Bertz CT molecular complexity index is 1030. The second kappa shape index (κ2) is 10.4. The first kappa shape index (κ1) is 21.3. The summed E-state index contributed by atoms with van der Waals surface area (Å²) >= 11 is 6.42. The fourth-order valence-electron chi connectivity index (χ4n) is 2.80. The molecule has 0 aliphatic rings. The fourth-order valence-corrected chi connectivity index (χ4v) is 3.10. The highest BCUT2D eigenvalue weighted by Gasteiger charge is 2.12. The molecule has 0 saturated heterocycles. The quantitative estimate of drug-likeness (QED) is 0.442. The molecular formula is C23H22ClN3O3. The van der Waals surface area contributed by atoms with E-state index in [9.17, 15) is 9.59 Å². The number of benzene rings is 2. The Kier molecular flexibility index (Phi) is 7.40. The Hall–Kier alpha value is -3.38. The van der Waals surface area contributed by atoms with Crippen LogP contribution in [0.3, 0.4) is 0 Å². The Balaban J connectivity index is 1.51. The molecule has 0 bridgehead atoms. The van der Waals surface area contributed by atoms with Gasteiger partial charge in [0.2, 0.25) is 0 Å². The highest BCUT2D eigenvalue weighted by molar-refractivity contribution is 6.31. The van der Waals surface area contributed by atoms with E-state index in [0.717, 1.165) is 11.1 Å². The van der Waals surface area contributed by atoms with Gasteiger partial charge in [-0.05, 0) is 24.1 Å². The van der Waals surface area contributed by atoms with E-state index in [2.05, 4.69) is 10.4 Å². The van der Waals surface area contributed by atoms with Crippen LogP contribution >= 0.6 is 11.6 Å². The van der Waals surface area contributed by atoms with Gasteiger partial charge in [-0.25, -0.2) is 9.48 Å². The van der Waals surface area contributed by atoms with Crippen molar-refractivity contribution < 1.29 is 14.3 Å². The number of hydrogen-bond acceptors (Lipinski definition) is 4. The van der Waals surface area contributed by atoms with Crippen LogP contribution in [0.1, 0.15) is 22.4 Å². The molecule has 0 fully saturated rings. The molecule has 6 nitrogen and oxygen atoms in total. The molecule has 2 aromatic carbocycles. The van der Waals surface area contributed by atoms with Gasteiger partial charge in [-0.15, -0.1) is 0 Å². The number of carbonyl (C=O) groups excluding carboxylic acids is 2. The first-order valence-corrected chi connectivity index (χ1v) is 9.83. The van der Waals surface area contributed by atoms with Crippen molar-refractivity contribution in [3.05, 3.63) is 94.3 Å². The molecular weight excluding hydrogens is 402 g/mol. The third kappa shape index (κ3) is 6.06. The lowest BCUT2D eigenvalue weighted by Gasteiger charge is -2.05. The van der Waals surface area contributed by atoms with Crippen LogP contribution in [0, 0.1) is 6.92 Å². The number of aryl methyl sites for hydroxylation is 1. The SMILES string of the molecule is Cc1nn(Cc2ccccc2)c(Cl)c1C=CC(=O)OCC(=O)NCc1ccccc1. The average Bonchev–Trinajstić information content (AvgIpc) is 3.03. The Morgan fingerprint density at radius 2 is 1.70 bits per heavy atom. The zero-order valence-electron chi connectivity index (χ0n) is 16.5. The summed E-state index contributed by atoms with van der Waals surface area (Å²) in [5.74, 6) is -0.998. The van der Waals surface area contributed by atoms with Gasteiger partial charge in [0.15, 0.2) is 6.61 Å². The van der Waals surface area contributed by atoms with Crippen LogP contribution in [0.15, 0.2) is 66.7 Å². The molecule has 1 N–H and O–H groups in total. The molecule has 0 radical (unpaired) electrons. The predicted octanol–water partition coefficient (Wildman–Crippen LogP) is 3.77. The van der Waals surface area contributed by atoms with E-state index in [0.29, 0.717) is 29.5 Å². The number of halogens is 1. The summed E-state index contributed by atoms with van der Waals surface area (Å²) in [6, 6.07) is 19.3. The van der Waals surface area contributed by atoms with Crippen LogP contribution in [-0.2, 0) is 27.4 Å². The maximum atomic E-state index is 12.0. The molecule has 1 aromatic heterocycles. The molecule has 0 aliphatic carbocycles. The van der Waals surface area contributed by atoms with Crippen LogP contribution in [0.25, 0.3) is 6.08 Å². The summed E-state index contributed by atoms with van der Waals surface area (Å²) in [5.41, 5.74) is 3.37. The molecule has 7 heteroatoms. The third-order valence-electron chi connectivity index (χ3n) is 4.35. The normalized spacial score (nSPS) is 10.9. The number of esters is 1. The van der Waals surface area contributed by atoms with Crippen molar-refractivity contribution in [2.75, 3.05) is 6.61 Å². The summed E-state index contributed by atoms with van der Waals surface area (Å²) < 4.78 is 6.66. The maximum Gasteiger partial charge on any atom is 0.331 e. The van der Waals surface area contributed by atoms with Gasteiger partial charge in [0.05, 0.1) is 12.2 Å². The summed E-state index contributed by atoms with van der Waals surface area (Å²) in [6.07, 6.45) is 2.80. The fraction of sp³-hybridized carbons (Fsp3) is 0.174. The van der Waals surface area contributed by atoms with Crippen molar-refractivity contribution in [1.29, 1.82) is 0 Å². The molecule has 3 rings (SSSR count). The van der Waals surface area contributed by atoms with Crippen LogP contribution in [0.4, 0.5) is 0 Å². The number of nitrogens with one attached hydrogen (secondary N) is 1. The topological polar surface area (TPSA) is 73.2 Å². The third-order valence-corrected chi connectivity index (χ3v) is 4.75. The minimum absolute atomic E-state index is 0.351. The van der Waals surface area contributed by atoms with Crippen molar-refractivity contribution in [2.45, 2.75) is 20.0 Å². The smallest absolute Gasteiger partial charge is 0.331 e. The van der Waals surface area contributed by atoms with Crippen LogP contribution in [-0.4, -0.2) is 28.3 Å². The van der Waals surface area contributed by atoms with Crippen molar-refractivity contribution in [1.82, 2.24) is 15.1 Å². The van der Waals surface area contributed by atoms with Gasteiger partial charge in [0.1, 0.15) is 5.15 Å². The zero-order valence-corrected chi connectivity index (χ0v) is 17.3. The zero-order chi connectivity index (χ0) is 21.3. The van der Waals surface area contributed by atoms with Crippen molar-refractivity contribution in [3.8, 4) is 0 Å². The number of nitrogens with zero attached hydrogens (tertiary/aromatic N) is 2. The average molecular weight is 424 g/mol. The van der Waals surface area contributed by atoms with Gasteiger partial charge < -0.3 is 10.1 Å². The minimum atomic E-state index is -0.629. The van der Waals surface area contributed by atoms with E-state index < -0.39 is 5.97 Å². The lowest BCUT2D eigenvalue weighted by molar-refractivity contribution is -0.143. The molecule has 0 atom stereocenters. The number of hydrogen-bond donors (Lipinski definition) is 1. The van der Waals surface area contributed by atoms with Gasteiger partial charge in [-0.3, -0.25) is 4.79 Å². The number of rotatable bonds is 8. The Morgan fingerprint density at radius 1 is 1.07 bits per heavy atom. The molecule has 0 aliphatic heterocycles. The second-order valence-corrected chi connectivity index (χ2v) is 6.99. The molecule has 1 heterocycles. The standard InChI is InChI=1S/C23H22ClN3O3/c1-17-20(23(24)27(26-17)15-19-10-6-3-7-11-19)12-13-22(29)30-16-21(28)25-14-18-8-4-2-5-9-18/h2-13H,14-16H2,1H3,(H,25,28). The van der Waals surface area contributed by atoms with E-state index in [1.807, 2.05) is 67.6 Å². The van der Waals surface area contributed by atoms with Gasteiger partial charge in [0.25, 0.3) is 5.91 Å². The molecule has 0 unspecified atom stereocenters. The van der Waals surface area contributed by atoms with Gasteiger partial charge in [-0.1, -0.05) is 72.3 Å². The van der Waals surface area contributed by atoms with E-state index >= 15 is 0 Å². The lowest BCUT2D eigenvalue weighted by Crippen LogP contribution is -2.28. The highest BCUT2D eigenvalue weighted by atomic mass is 35.5. The summed E-state index contributed by atoms with van der Waals surface area (Å²) in [6.45, 7) is 2.37. The van der Waals surface area contributed by atoms with Gasteiger partial charge in [0, 0.05) is 18.2 Å². The van der Waals surface area contributed by atoms with E-state index in [1.165, 1.54) is 6.08 Å². The molecule has 30 heavy (non-hydrogen) atoms. The lowest BCUT2D eigenvalue weighted by atomic mass is 10.2. The maximum absolute atomic E-state index is 12.0. The number of carbonyl (C=O) groups is 2. The second-order valence-electron chi connectivity index (χ2n) is 6.64. The Morgan fingerprint density at radius 3 is 2.37 bits per heavy atom. The predicted molar refractivity (Wildman–Crippen MR) is 116 cm³/mol. The van der Waals surface area contributed by atoms with Gasteiger partial charge >= 0.3 is 5.97 Å². The molecule has 3 aromatic rings. The van der Waals surface area contributed by atoms with Crippen molar-refractivity contribution in [3.63, 3.8) is 0 Å². The van der Waals surface area contributed by atoms with Crippen LogP contribution < -0.4 is 5.32 Å². The summed E-state index contributed by atoms with van der Waals surface area (Å²) in [4.78, 5) is 23.8. The molecule has 154 valence electrons. The van der Waals surface area contributed by atoms with E-state index in [4.69, 9.17) is 16.3 Å². The number of amides is 1. The first-order chi connectivity index (χ1) is 14.5. The van der Waals surface area contributed by atoms with Crippen molar-refractivity contribution >= 4 is 29.6 Å². The number of ether oxygens (including phenoxy) is 1. The summed E-state index contributed by atoms with van der Waals surface area (Å²) in [5, 5.41) is 7.56. The minimum Gasteiger partial charge on any atom is -0.452 e. The van der Waals surface area contributed by atoms with Crippen LogP contribution in [0.5, 0.6) is 0 Å². The van der Waals surface area contributed by atoms with E-state index in [-0.39, 0.29) is 12.5 Å². The largest absolute Gasteiger partial charge is 0.452 e. The monoisotopic (exact) mass is 423 g/mol. The van der Waals surface area contributed by atoms with Gasteiger partial charge in [-0.2, -0.15) is 5.10 Å². The summed E-state index contributed by atoms with van der Waals surface area (Å²) in [7, 11) is 0. The number of aromatic nitrogens is 2.